The highest BCUT2D eigenvalue weighted by Crippen LogP contribution is 2.27. The van der Waals surface area contributed by atoms with Crippen molar-refractivity contribution in [2.75, 3.05) is 39.9 Å². The number of nitrogens with one attached hydrogen (secondary N) is 1. The second kappa shape index (κ2) is 7.34. The lowest BCUT2D eigenvalue weighted by Crippen LogP contribution is -2.48. The van der Waals surface area contributed by atoms with E-state index in [2.05, 4.69) is 31.0 Å². The van der Waals surface area contributed by atoms with E-state index in [4.69, 9.17) is 4.74 Å². The maximum absolute atomic E-state index is 5.23. The number of hydrogen-bond donors (Lipinski definition) is 1. The molecule has 0 saturated carbocycles. The molecule has 3 nitrogen and oxygen atoms in total. The molecule has 17 heavy (non-hydrogen) atoms. The van der Waals surface area contributed by atoms with Crippen molar-refractivity contribution >= 4 is 0 Å². The van der Waals surface area contributed by atoms with Crippen LogP contribution in [0.2, 0.25) is 0 Å². The van der Waals surface area contributed by atoms with Crippen LogP contribution in [0, 0.1) is 5.41 Å². The van der Waals surface area contributed by atoms with E-state index < -0.39 is 0 Å². The summed E-state index contributed by atoms with van der Waals surface area (Å²) in [6, 6.07) is 0.656. The van der Waals surface area contributed by atoms with E-state index >= 15 is 0 Å². The Balaban J connectivity index is 2.50. The van der Waals surface area contributed by atoms with Crippen LogP contribution in [0.5, 0.6) is 0 Å². The van der Waals surface area contributed by atoms with Crippen LogP contribution in [0.1, 0.15) is 40.0 Å². The van der Waals surface area contributed by atoms with Crippen molar-refractivity contribution in [3.63, 3.8) is 0 Å². The van der Waals surface area contributed by atoms with Gasteiger partial charge in [-0.3, -0.25) is 4.90 Å². The van der Waals surface area contributed by atoms with Crippen molar-refractivity contribution in [3.05, 3.63) is 0 Å². The van der Waals surface area contributed by atoms with Gasteiger partial charge < -0.3 is 10.1 Å². The number of rotatable bonds is 7. The van der Waals surface area contributed by atoms with Gasteiger partial charge in [0.25, 0.3) is 0 Å². The summed E-state index contributed by atoms with van der Waals surface area (Å²) in [4.78, 5) is 2.59. The maximum Gasteiger partial charge on any atom is 0.0589 e. The highest BCUT2D eigenvalue weighted by Gasteiger charge is 2.30. The molecule has 1 heterocycles. The first kappa shape index (κ1) is 14.9. The third-order valence-corrected chi connectivity index (χ3v) is 4.07. The molecule has 102 valence electrons. The van der Waals surface area contributed by atoms with E-state index in [9.17, 15) is 0 Å². The number of hydrogen-bond acceptors (Lipinski definition) is 3. The van der Waals surface area contributed by atoms with Crippen LogP contribution in [0.4, 0.5) is 0 Å². The molecule has 1 saturated heterocycles. The minimum Gasteiger partial charge on any atom is -0.383 e. The lowest BCUT2D eigenvalue weighted by atomic mass is 9.82. The molecule has 1 aliphatic rings. The molecule has 3 heteroatoms. The summed E-state index contributed by atoms with van der Waals surface area (Å²) in [7, 11) is 1.79. The molecule has 0 spiro atoms. The van der Waals surface area contributed by atoms with E-state index in [1.54, 1.807) is 7.11 Å². The van der Waals surface area contributed by atoms with Crippen molar-refractivity contribution in [2.24, 2.45) is 5.41 Å². The quantitative estimate of drug-likeness (QED) is 0.740. The fourth-order valence-electron chi connectivity index (χ4n) is 2.67. The van der Waals surface area contributed by atoms with Gasteiger partial charge >= 0.3 is 0 Å². The Morgan fingerprint density at radius 2 is 2.24 bits per heavy atom. The van der Waals surface area contributed by atoms with Gasteiger partial charge in [0.2, 0.25) is 0 Å². The molecule has 1 rings (SSSR count). The second-order valence-electron chi connectivity index (χ2n) is 5.81. The Labute approximate surface area is 107 Å². The highest BCUT2D eigenvalue weighted by atomic mass is 16.5. The van der Waals surface area contributed by atoms with Crippen molar-refractivity contribution in [2.45, 2.75) is 46.1 Å². The molecule has 1 fully saturated rings. The normalized spacial score (nSPS) is 27.4. The Morgan fingerprint density at radius 3 is 2.76 bits per heavy atom. The zero-order valence-corrected chi connectivity index (χ0v) is 12.1. The van der Waals surface area contributed by atoms with Gasteiger partial charge in [-0.15, -0.1) is 0 Å². The summed E-state index contributed by atoms with van der Waals surface area (Å²) in [5.74, 6) is 0. The minimum atomic E-state index is 0.440. The largest absolute Gasteiger partial charge is 0.383 e. The lowest BCUT2D eigenvalue weighted by Gasteiger charge is -2.40. The van der Waals surface area contributed by atoms with Gasteiger partial charge in [-0.1, -0.05) is 13.8 Å². The second-order valence-corrected chi connectivity index (χ2v) is 5.81. The van der Waals surface area contributed by atoms with Crippen LogP contribution in [0.15, 0.2) is 0 Å². The van der Waals surface area contributed by atoms with Crippen LogP contribution < -0.4 is 5.32 Å². The molecule has 0 aromatic heterocycles. The van der Waals surface area contributed by atoms with Crippen molar-refractivity contribution in [1.29, 1.82) is 0 Å². The van der Waals surface area contributed by atoms with Crippen LogP contribution in [-0.2, 0) is 4.74 Å². The van der Waals surface area contributed by atoms with Gasteiger partial charge in [0.1, 0.15) is 0 Å². The third-order valence-electron chi connectivity index (χ3n) is 4.07. The molecule has 1 aliphatic heterocycles. The first-order valence-corrected chi connectivity index (χ1v) is 7.05. The van der Waals surface area contributed by atoms with Crippen LogP contribution in [-0.4, -0.2) is 50.8 Å². The predicted molar refractivity (Wildman–Crippen MR) is 73.4 cm³/mol. The molecule has 0 amide bonds. The van der Waals surface area contributed by atoms with E-state index in [0.717, 1.165) is 19.7 Å². The average Bonchev–Trinajstić information content (AvgIpc) is 2.34. The fraction of sp³-hybridized carbons (Fsp3) is 1.00. The molecule has 2 unspecified atom stereocenters. The zero-order valence-electron chi connectivity index (χ0n) is 12.1. The summed E-state index contributed by atoms with van der Waals surface area (Å²) < 4.78 is 5.23. The predicted octanol–water partition coefficient (Wildman–Crippen LogP) is 2.12. The van der Waals surface area contributed by atoms with Gasteiger partial charge in [-0.25, -0.2) is 0 Å². The van der Waals surface area contributed by atoms with E-state index in [1.165, 1.54) is 32.4 Å². The number of methoxy groups -OCH3 is 1. The molecule has 1 N–H and O–H groups in total. The molecule has 0 aliphatic carbocycles. The van der Waals surface area contributed by atoms with Crippen LogP contribution >= 0.6 is 0 Å². The lowest BCUT2D eigenvalue weighted by molar-refractivity contribution is 0.0721. The molecule has 2 atom stereocenters. The topological polar surface area (TPSA) is 24.5 Å². The fourth-order valence-corrected chi connectivity index (χ4v) is 2.67. The maximum atomic E-state index is 5.23. The Kier molecular flexibility index (Phi) is 6.45. The summed E-state index contributed by atoms with van der Waals surface area (Å²) in [5.41, 5.74) is 0.440. The summed E-state index contributed by atoms with van der Waals surface area (Å²) in [6.07, 6.45) is 3.88. The third kappa shape index (κ3) is 4.94. The average molecular weight is 242 g/mol. The smallest absolute Gasteiger partial charge is 0.0589 e. The summed E-state index contributed by atoms with van der Waals surface area (Å²) in [6.45, 7) is 12.5. The zero-order chi connectivity index (χ0) is 12.7. The number of ether oxygens (including phenoxy) is 1. The van der Waals surface area contributed by atoms with Gasteiger partial charge in [-0.05, 0) is 38.1 Å². The first-order chi connectivity index (χ1) is 8.11. The summed E-state index contributed by atoms with van der Waals surface area (Å²) >= 11 is 0. The standard InChI is InChI=1S/C14H30N2O/c1-5-13(2)16(9-10-17-4)12-14(3)7-6-8-15-11-14/h13,15H,5-12H2,1-4H3. The Morgan fingerprint density at radius 1 is 1.47 bits per heavy atom. The molecule has 0 radical (unpaired) electrons. The van der Waals surface area contributed by atoms with E-state index in [1.807, 2.05) is 0 Å². The van der Waals surface area contributed by atoms with Crippen molar-refractivity contribution < 1.29 is 4.74 Å². The first-order valence-electron chi connectivity index (χ1n) is 7.05. The highest BCUT2D eigenvalue weighted by molar-refractivity contribution is 4.85. The van der Waals surface area contributed by atoms with Gasteiger partial charge in [0.15, 0.2) is 0 Å². The van der Waals surface area contributed by atoms with Crippen LogP contribution in [0.3, 0.4) is 0 Å². The number of piperidine rings is 1. The van der Waals surface area contributed by atoms with E-state index in [0.29, 0.717) is 11.5 Å². The molecule has 0 bridgehead atoms. The molecule has 0 aromatic rings. The van der Waals surface area contributed by atoms with Crippen molar-refractivity contribution in [3.8, 4) is 0 Å². The van der Waals surface area contributed by atoms with Gasteiger partial charge in [0.05, 0.1) is 6.61 Å². The Bertz CT molecular complexity index is 202. The van der Waals surface area contributed by atoms with Gasteiger partial charge in [0, 0.05) is 32.8 Å². The number of nitrogens with zero attached hydrogens (tertiary/aromatic N) is 1. The van der Waals surface area contributed by atoms with E-state index in [-0.39, 0.29) is 0 Å². The van der Waals surface area contributed by atoms with Gasteiger partial charge in [-0.2, -0.15) is 0 Å². The Hall–Kier alpha value is -0.120. The molecular weight excluding hydrogens is 212 g/mol. The monoisotopic (exact) mass is 242 g/mol. The van der Waals surface area contributed by atoms with Crippen molar-refractivity contribution in [1.82, 2.24) is 10.2 Å². The molecular formula is C14H30N2O. The SMILES string of the molecule is CCC(C)N(CCOC)CC1(C)CCCNC1. The molecule has 0 aromatic carbocycles. The van der Waals surface area contributed by atoms with Crippen LogP contribution in [0.25, 0.3) is 0 Å². The minimum absolute atomic E-state index is 0.440. The summed E-state index contributed by atoms with van der Waals surface area (Å²) in [5, 5.41) is 3.54.